The van der Waals surface area contributed by atoms with E-state index in [9.17, 15) is 13.2 Å². The first-order valence-electron chi connectivity index (χ1n) is 9.82. The maximum absolute atomic E-state index is 13.3. The first kappa shape index (κ1) is 20.8. The maximum atomic E-state index is 13.3. The van der Waals surface area contributed by atoms with Gasteiger partial charge in [-0.25, -0.2) is 8.42 Å². The molecule has 1 atom stereocenters. The topological polar surface area (TPSA) is 79.4 Å². The molecule has 0 bridgehead atoms. The molecule has 0 aliphatic carbocycles. The number of halogens is 1. The van der Waals surface area contributed by atoms with Crippen LogP contribution in [-0.4, -0.2) is 36.7 Å². The molecule has 1 aliphatic rings. The minimum atomic E-state index is -3.76. The number of piperidine rings is 1. The maximum Gasteiger partial charge on any atom is 0.245 e. The van der Waals surface area contributed by atoms with Crippen molar-refractivity contribution < 1.29 is 13.2 Å². The number of nitrogens with zero attached hydrogens (tertiary/aromatic N) is 2. The van der Waals surface area contributed by atoms with Gasteiger partial charge in [-0.3, -0.25) is 9.78 Å². The van der Waals surface area contributed by atoms with Gasteiger partial charge in [-0.1, -0.05) is 48.0 Å². The Morgan fingerprint density at radius 1 is 1.13 bits per heavy atom. The van der Waals surface area contributed by atoms with Crippen LogP contribution >= 0.6 is 11.6 Å². The quantitative estimate of drug-likeness (QED) is 0.653. The van der Waals surface area contributed by atoms with E-state index in [0.717, 1.165) is 10.9 Å². The highest BCUT2D eigenvalue weighted by Crippen LogP contribution is 2.28. The molecule has 2 heterocycles. The summed E-state index contributed by atoms with van der Waals surface area (Å²) in [6, 6.07) is 16.1. The third-order valence-electron chi connectivity index (χ3n) is 5.38. The van der Waals surface area contributed by atoms with Gasteiger partial charge < -0.3 is 5.32 Å². The number of aromatic nitrogens is 1. The Morgan fingerprint density at radius 3 is 2.77 bits per heavy atom. The summed E-state index contributed by atoms with van der Waals surface area (Å²) < 4.78 is 28.1. The lowest BCUT2D eigenvalue weighted by molar-refractivity contribution is -0.126. The lowest BCUT2D eigenvalue weighted by Crippen LogP contribution is -2.45. The SMILES string of the molecule is O=C(NCc1ccccc1Cl)[C@@H]1CCCN(S(=O)(=O)c2cccc3cccnc23)C1. The average molecular weight is 444 g/mol. The fourth-order valence-corrected chi connectivity index (χ4v) is 5.66. The summed E-state index contributed by atoms with van der Waals surface area (Å²) in [5, 5.41) is 4.25. The molecular formula is C22H22ClN3O3S. The molecule has 30 heavy (non-hydrogen) atoms. The van der Waals surface area contributed by atoms with E-state index in [4.69, 9.17) is 11.6 Å². The highest BCUT2D eigenvalue weighted by molar-refractivity contribution is 7.89. The first-order valence-corrected chi connectivity index (χ1v) is 11.6. The van der Waals surface area contributed by atoms with Crippen LogP contribution in [-0.2, 0) is 21.4 Å². The predicted molar refractivity (Wildman–Crippen MR) is 117 cm³/mol. The molecule has 1 saturated heterocycles. The van der Waals surface area contributed by atoms with Gasteiger partial charge in [0.2, 0.25) is 15.9 Å². The molecule has 0 spiro atoms. The van der Waals surface area contributed by atoms with E-state index in [-0.39, 0.29) is 17.3 Å². The summed E-state index contributed by atoms with van der Waals surface area (Å²) in [4.78, 5) is 17.2. The molecule has 1 aromatic heterocycles. The zero-order valence-electron chi connectivity index (χ0n) is 16.3. The number of sulfonamides is 1. The molecular weight excluding hydrogens is 422 g/mol. The average Bonchev–Trinajstić information content (AvgIpc) is 2.78. The minimum Gasteiger partial charge on any atom is -0.352 e. The number of amides is 1. The van der Waals surface area contributed by atoms with Gasteiger partial charge in [0.05, 0.1) is 11.4 Å². The Labute approximate surface area is 180 Å². The number of fused-ring (bicyclic) bond motifs is 1. The number of benzene rings is 2. The van der Waals surface area contributed by atoms with Crippen molar-refractivity contribution in [2.45, 2.75) is 24.3 Å². The Balaban J connectivity index is 1.50. The molecule has 0 saturated carbocycles. The van der Waals surface area contributed by atoms with Crippen LogP contribution < -0.4 is 5.32 Å². The molecule has 8 heteroatoms. The van der Waals surface area contributed by atoms with E-state index in [1.165, 1.54) is 4.31 Å². The summed E-state index contributed by atoms with van der Waals surface area (Å²) in [5.41, 5.74) is 1.28. The lowest BCUT2D eigenvalue weighted by Gasteiger charge is -2.31. The van der Waals surface area contributed by atoms with Crippen LogP contribution in [0.15, 0.2) is 65.7 Å². The molecule has 6 nitrogen and oxygen atoms in total. The number of carbonyl (C=O) groups is 1. The Morgan fingerprint density at radius 2 is 1.93 bits per heavy atom. The zero-order chi connectivity index (χ0) is 21.1. The second-order valence-corrected chi connectivity index (χ2v) is 9.66. The van der Waals surface area contributed by atoms with Crippen molar-refractivity contribution in [1.82, 2.24) is 14.6 Å². The van der Waals surface area contributed by atoms with E-state index in [2.05, 4.69) is 10.3 Å². The largest absolute Gasteiger partial charge is 0.352 e. The van der Waals surface area contributed by atoms with Crippen LogP contribution in [0.25, 0.3) is 10.9 Å². The normalized spacial score (nSPS) is 17.7. The predicted octanol–water partition coefficient (Wildman–Crippen LogP) is 3.61. The van der Waals surface area contributed by atoms with Gasteiger partial charge in [0, 0.05) is 36.2 Å². The molecule has 0 unspecified atom stereocenters. The second kappa shape index (κ2) is 8.71. The molecule has 2 aromatic carbocycles. The van der Waals surface area contributed by atoms with Crippen molar-refractivity contribution in [2.75, 3.05) is 13.1 Å². The fraction of sp³-hybridized carbons (Fsp3) is 0.273. The van der Waals surface area contributed by atoms with E-state index >= 15 is 0 Å². The molecule has 1 N–H and O–H groups in total. The monoisotopic (exact) mass is 443 g/mol. The number of carbonyl (C=O) groups excluding carboxylic acids is 1. The van der Waals surface area contributed by atoms with Crippen LogP contribution in [0.4, 0.5) is 0 Å². The summed E-state index contributed by atoms with van der Waals surface area (Å²) in [5.74, 6) is -0.565. The smallest absolute Gasteiger partial charge is 0.245 e. The van der Waals surface area contributed by atoms with Crippen molar-refractivity contribution in [3.63, 3.8) is 0 Å². The van der Waals surface area contributed by atoms with Crippen LogP contribution in [0, 0.1) is 5.92 Å². The summed E-state index contributed by atoms with van der Waals surface area (Å²) >= 11 is 6.15. The third kappa shape index (κ3) is 4.19. The van der Waals surface area contributed by atoms with E-state index in [1.54, 1.807) is 30.5 Å². The van der Waals surface area contributed by atoms with Gasteiger partial charge in [-0.05, 0) is 36.6 Å². The summed E-state index contributed by atoms with van der Waals surface area (Å²) in [6.07, 6.45) is 2.86. The summed E-state index contributed by atoms with van der Waals surface area (Å²) in [6.45, 7) is 0.856. The van der Waals surface area contributed by atoms with Gasteiger partial charge in [0.1, 0.15) is 4.90 Å². The number of para-hydroxylation sites is 1. The van der Waals surface area contributed by atoms with Crippen molar-refractivity contribution in [2.24, 2.45) is 5.92 Å². The summed E-state index contributed by atoms with van der Waals surface area (Å²) in [7, 11) is -3.76. The second-order valence-electron chi connectivity index (χ2n) is 7.34. The molecule has 1 fully saturated rings. The molecule has 0 radical (unpaired) electrons. The third-order valence-corrected chi connectivity index (χ3v) is 7.64. The van der Waals surface area contributed by atoms with Crippen molar-refractivity contribution in [1.29, 1.82) is 0 Å². The van der Waals surface area contributed by atoms with E-state index in [1.807, 2.05) is 30.3 Å². The van der Waals surface area contributed by atoms with E-state index in [0.29, 0.717) is 36.5 Å². The molecule has 1 aliphatic heterocycles. The highest BCUT2D eigenvalue weighted by atomic mass is 35.5. The van der Waals surface area contributed by atoms with E-state index < -0.39 is 15.9 Å². The number of nitrogens with one attached hydrogen (secondary N) is 1. The number of pyridine rings is 1. The molecule has 1 amide bonds. The van der Waals surface area contributed by atoms with Crippen molar-refractivity contribution >= 4 is 38.4 Å². The van der Waals surface area contributed by atoms with Crippen LogP contribution in [0.2, 0.25) is 5.02 Å². The van der Waals surface area contributed by atoms with Crippen LogP contribution in [0.5, 0.6) is 0 Å². The highest BCUT2D eigenvalue weighted by Gasteiger charge is 2.34. The lowest BCUT2D eigenvalue weighted by atomic mass is 9.99. The zero-order valence-corrected chi connectivity index (χ0v) is 17.9. The van der Waals surface area contributed by atoms with Crippen LogP contribution in [0.1, 0.15) is 18.4 Å². The first-order chi connectivity index (χ1) is 14.5. The Kier molecular flexibility index (Phi) is 6.04. The van der Waals surface area contributed by atoms with Crippen molar-refractivity contribution in [3.05, 3.63) is 71.4 Å². The van der Waals surface area contributed by atoms with Crippen molar-refractivity contribution in [3.8, 4) is 0 Å². The standard InChI is InChI=1S/C22H22ClN3O3S/c23-19-10-2-1-6-17(19)14-25-22(27)18-9-5-13-26(15-18)30(28,29)20-11-3-7-16-8-4-12-24-21(16)20/h1-4,6-8,10-12,18H,5,9,13-15H2,(H,25,27)/t18-/m1/s1. The Hall–Kier alpha value is -2.48. The van der Waals surface area contributed by atoms with Gasteiger partial charge in [-0.15, -0.1) is 0 Å². The number of hydrogen-bond donors (Lipinski definition) is 1. The molecule has 3 aromatic rings. The fourth-order valence-electron chi connectivity index (χ4n) is 3.77. The van der Waals surface area contributed by atoms with Gasteiger partial charge in [-0.2, -0.15) is 4.31 Å². The Bertz CT molecular complexity index is 1180. The minimum absolute atomic E-state index is 0.153. The number of hydrogen-bond acceptors (Lipinski definition) is 4. The van der Waals surface area contributed by atoms with Gasteiger partial charge in [0.15, 0.2) is 0 Å². The van der Waals surface area contributed by atoms with Gasteiger partial charge in [0.25, 0.3) is 0 Å². The van der Waals surface area contributed by atoms with Gasteiger partial charge >= 0.3 is 0 Å². The molecule has 4 rings (SSSR count). The molecule has 156 valence electrons. The van der Waals surface area contributed by atoms with Crippen LogP contribution in [0.3, 0.4) is 0 Å². The number of rotatable bonds is 5.